The molecule has 35 heavy (non-hydrogen) atoms. The van der Waals surface area contributed by atoms with Crippen molar-refractivity contribution in [1.29, 1.82) is 0 Å². The second-order valence-corrected chi connectivity index (χ2v) is 10.1. The number of amides is 1. The van der Waals surface area contributed by atoms with E-state index in [1.165, 1.54) is 15.8 Å². The highest BCUT2D eigenvalue weighted by Gasteiger charge is 2.21. The van der Waals surface area contributed by atoms with Crippen molar-refractivity contribution in [3.05, 3.63) is 86.3 Å². The molecule has 0 bridgehead atoms. The number of allylic oxidation sites excluding steroid dienone is 2. The SMILES string of the molecule is C/C=C(\C)Br.CC.O=C(Cc1cc2ccccc2o1)Nc1scc(-c2ccc(Br)cc2)c1C(=O)O. The average molecular weight is 621 g/mol. The number of halogens is 2. The van der Waals surface area contributed by atoms with E-state index in [1.807, 2.05) is 88.4 Å². The Labute approximate surface area is 226 Å². The Bertz CT molecular complexity index is 1270. The molecule has 2 aromatic carbocycles. The van der Waals surface area contributed by atoms with Gasteiger partial charge in [-0.2, -0.15) is 0 Å². The summed E-state index contributed by atoms with van der Waals surface area (Å²) in [5.41, 5.74) is 2.15. The van der Waals surface area contributed by atoms with Crippen molar-refractivity contribution in [2.24, 2.45) is 0 Å². The number of carbonyl (C=O) groups is 2. The number of nitrogens with one attached hydrogen (secondary N) is 1. The third-order valence-electron chi connectivity index (χ3n) is 4.62. The van der Waals surface area contributed by atoms with Crippen LogP contribution >= 0.6 is 43.2 Å². The van der Waals surface area contributed by atoms with Crippen molar-refractivity contribution in [2.45, 2.75) is 34.1 Å². The van der Waals surface area contributed by atoms with Crippen molar-refractivity contribution in [2.75, 3.05) is 5.32 Å². The summed E-state index contributed by atoms with van der Waals surface area (Å²) >= 11 is 7.79. The Morgan fingerprint density at radius 2 is 1.74 bits per heavy atom. The number of hydrogen-bond acceptors (Lipinski definition) is 4. The molecule has 0 unspecified atom stereocenters. The number of benzene rings is 2. The maximum Gasteiger partial charge on any atom is 0.339 e. The summed E-state index contributed by atoms with van der Waals surface area (Å²) in [6, 6.07) is 16.7. The molecule has 0 aliphatic heterocycles. The normalized spacial score (nSPS) is 10.6. The van der Waals surface area contributed by atoms with Crippen molar-refractivity contribution in [3.8, 4) is 11.1 Å². The van der Waals surface area contributed by atoms with Gasteiger partial charge < -0.3 is 14.8 Å². The first-order chi connectivity index (χ1) is 16.8. The molecule has 0 atom stereocenters. The number of carboxylic acids is 1. The van der Waals surface area contributed by atoms with Gasteiger partial charge in [0.05, 0.1) is 6.42 Å². The van der Waals surface area contributed by atoms with Crippen LogP contribution in [0.1, 0.15) is 43.8 Å². The predicted molar refractivity (Wildman–Crippen MR) is 153 cm³/mol. The molecule has 0 aliphatic carbocycles. The van der Waals surface area contributed by atoms with Gasteiger partial charge in [-0.3, -0.25) is 4.79 Å². The fourth-order valence-electron chi connectivity index (χ4n) is 2.96. The van der Waals surface area contributed by atoms with E-state index >= 15 is 0 Å². The van der Waals surface area contributed by atoms with Crippen LogP contribution in [0.5, 0.6) is 0 Å². The van der Waals surface area contributed by atoms with Crippen LogP contribution in [-0.2, 0) is 11.2 Å². The smallest absolute Gasteiger partial charge is 0.339 e. The molecule has 4 rings (SSSR count). The Hall–Kier alpha value is -2.68. The molecule has 0 spiro atoms. The monoisotopic (exact) mass is 619 g/mol. The zero-order chi connectivity index (χ0) is 26.0. The van der Waals surface area contributed by atoms with Gasteiger partial charge >= 0.3 is 5.97 Å². The van der Waals surface area contributed by atoms with E-state index in [0.717, 1.165) is 15.4 Å². The largest absolute Gasteiger partial charge is 0.478 e. The molecular weight excluding hydrogens is 594 g/mol. The fourth-order valence-corrected chi connectivity index (χ4v) is 4.20. The minimum absolute atomic E-state index is 0.0270. The molecule has 2 N–H and O–H groups in total. The molecule has 0 aliphatic rings. The van der Waals surface area contributed by atoms with Crippen LogP contribution in [0.2, 0.25) is 0 Å². The lowest BCUT2D eigenvalue weighted by atomic mass is 10.0. The first-order valence-electron chi connectivity index (χ1n) is 10.9. The maximum absolute atomic E-state index is 12.5. The third kappa shape index (κ3) is 8.19. The molecular formula is C27H27Br2NO4S. The van der Waals surface area contributed by atoms with Gasteiger partial charge in [0.1, 0.15) is 21.9 Å². The number of furan rings is 1. The van der Waals surface area contributed by atoms with Gasteiger partial charge in [-0.15, -0.1) is 11.3 Å². The molecule has 0 fully saturated rings. The first kappa shape index (κ1) is 28.6. The number of anilines is 1. The van der Waals surface area contributed by atoms with E-state index in [0.29, 0.717) is 21.9 Å². The van der Waals surface area contributed by atoms with E-state index in [-0.39, 0.29) is 17.9 Å². The van der Waals surface area contributed by atoms with Gasteiger partial charge in [0.25, 0.3) is 0 Å². The predicted octanol–water partition coefficient (Wildman–Crippen LogP) is 9.13. The van der Waals surface area contributed by atoms with Crippen molar-refractivity contribution < 1.29 is 19.1 Å². The summed E-state index contributed by atoms with van der Waals surface area (Å²) < 4.78 is 7.76. The number of carbonyl (C=O) groups excluding carboxylic acids is 1. The fraction of sp³-hybridized carbons (Fsp3) is 0.185. The summed E-state index contributed by atoms with van der Waals surface area (Å²) in [6.45, 7) is 7.99. The molecule has 2 aromatic heterocycles. The maximum atomic E-state index is 12.5. The summed E-state index contributed by atoms with van der Waals surface area (Å²) in [7, 11) is 0. The van der Waals surface area contributed by atoms with Crippen LogP contribution in [0.25, 0.3) is 22.1 Å². The number of rotatable bonds is 5. The van der Waals surface area contributed by atoms with Crippen molar-refractivity contribution >= 4 is 71.0 Å². The number of carboxylic acid groups (broad SMARTS) is 1. The number of thiophene rings is 1. The Kier molecular flexibility index (Phi) is 11.4. The molecule has 0 saturated heterocycles. The minimum Gasteiger partial charge on any atom is -0.478 e. The lowest BCUT2D eigenvalue weighted by Crippen LogP contribution is -2.15. The zero-order valence-electron chi connectivity index (χ0n) is 19.9. The van der Waals surface area contributed by atoms with Gasteiger partial charge in [-0.05, 0) is 48.2 Å². The summed E-state index contributed by atoms with van der Waals surface area (Å²) in [5, 5.41) is 15.4. The van der Waals surface area contributed by atoms with Crippen LogP contribution in [0.3, 0.4) is 0 Å². The molecule has 8 heteroatoms. The molecule has 0 saturated carbocycles. The van der Waals surface area contributed by atoms with Gasteiger partial charge in [-0.1, -0.05) is 82.1 Å². The standard InChI is InChI=1S/C21H14BrNO4S.C4H7Br.C2H6/c22-14-7-5-12(6-8-14)16-11-28-20(19(16)21(25)26)23-18(24)10-15-9-13-3-1-2-4-17(13)27-15;1-3-4(2)5;1-2/h1-9,11H,10H2,(H,23,24)(H,25,26);3H,1-2H3;1-2H3/b;4-3+;. The number of hydrogen-bond donors (Lipinski definition) is 2. The molecule has 2 heterocycles. The van der Waals surface area contributed by atoms with Crippen LogP contribution in [-0.4, -0.2) is 17.0 Å². The van der Waals surface area contributed by atoms with E-state index in [4.69, 9.17) is 4.42 Å². The van der Waals surface area contributed by atoms with Crippen LogP contribution in [0.15, 0.2) is 79.4 Å². The highest BCUT2D eigenvalue weighted by atomic mass is 79.9. The zero-order valence-corrected chi connectivity index (χ0v) is 23.9. The van der Waals surface area contributed by atoms with Gasteiger partial charge in [0.2, 0.25) is 5.91 Å². The van der Waals surface area contributed by atoms with Gasteiger partial charge in [0, 0.05) is 20.8 Å². The van der Waals surface area contributed by atoms with E-state index in [1.54, 1.807) is 5.38 Å². The number of para-hydroxylation sites is 1. The summed E-state index contributed by atoms with van der Waals surface area (Å²) in [4.78, 5) is 24.3. The quantitative estimate of drug-likeness (QED) is 0.233. The molecule has 4 aromatic rings. The van der Waals surface area contributed by atoms with Crippen LogP contribution in [0, 0.1) is 0 Å². The summed E-state index contributed by atoms with van der Waals surface area (Å²) in [5.74, 6) is -0.885. The summed E-state index contributed by atoms with van der Waals surface area (Å²) in [6.07, 6.45) is 2.03. The average Bonchev–Trinajstić information content (AvgIpc) is 3.44. The Morgan fingerprint density at radius 3 is 2.31 bits per heavy atom. The second kappa shape index (κ2) is 14.0. The third-order valence-corrected chi connectivity index (χ3v) is 6.50. The van der Waals surface area contributed by atoms with Crippen LogP contribution in [0.4, 0.5) is 5.00 Å². The van der Waals surface area contributed by atoms with Gasteiger partial charge in [0.15, 0.2) is 0 Å². The highest BCUT2D eigenvalue weighted by molar-refractivity contribution is 9.11. The first-order valence-corrected chi connectivity index (χ1v) is 13.4. The second-order valence-electron chi connectivity index (χ2n) is 7.02. The molecule has 0 radical (unpaired) electrons. The van der Waals surface area contributed by atoms with Crippen molar-refractivity contribution in [3.63, 3.8) is 0 Å². The van der Waals surface area contributed by atoms with Crippen molar-refractivity contribution in [1.82, 2.24) is 0 Å². The van der Waals surface area contributed by atoms with E-state index in [2.05, 4.69) is 37.2 Å². The number of fused-ring (bicyclic) bond motifs is 1. The number of aromatic carboxylic acids is 1. The Balaban J connectivity index is 0.000000551. The minimum atomic E-state index is -1.08. The lowest BCUT2D eigenvalue weighted by molar-refractivity contribution is -0.115. The van der Waals surface area contributed by atoms with E-state index in [9.17, 15) is 14.7 Å². The lowest BCUT2D eigenvalue weighted by Gasteiger charge is -2.05. The van der Waals surface area contributed by atoms with Crippen LogP contribution < -0.4 is 5.32 Å². The van der Waals surface area contributed by atoms with E-state index < -0.39 is 5.97 Å². The molecule has 1 amide bonds. The Morgan fingerprint density at radius 1 is 1.11 bits per heavy atom. The molecule has 184 valence electrons. The van der Waals surface area contributed by atoms with Gasteiger partial charge in [-0.25, -0.2) is 4.79 Å². The molecule has 5 nitrogen and oxygen atoms in total. The highest BCUT2D eigenvalue weighted by Crippen LogP contribution is 2.36. The topological polar surface area (TPSA) is 79.5 Å².